The molecule has 0 spiro atoms. The highest BCUT2D eigenvalue weighted by Gasteiger charge is 2.47. The quantitative estimate of drug-likeness (QED) is 0.260. The average molecular weight is 470 g/mol. The van der Waals surface area contributed by atoms with Crippen LogP contribution in [0.4, 0.5) is 0 Å². The summed E-state index contributed by atoms with van der Waals surface area (Å²) < 4.78 is 27.0. The molecular formula is C21H26O12. The van der Waals surface area contributed by atoms with Crippen LogP contribution in [-0.4, -0.2) is 98.7 Å². The minimum Gasteiger partial charge on any atom is -0.462 e. The van der Waals surface area contributed by atoms with Crippen LogP contribution < -0.4 is 10.4 Å². The van der Waals surface area contributed by atoms with Crippen LogP contribution in [0.1, 0.15) is 6.92 Å². The minimum absolute atomic E-state index is 0.168. The molecule has 2 aliphatic rings. The highest BCUT2D eigenvalue weighted by molar-refractivity contribution is 5.77. The zero-order chi connectivity index (χ0) is 23.9. The van der Waals surface area contributed by atoms with Crippen molar-refractivity contribution in [1.29, 1.82) is 0 Å². The van der Waals surface area contributed by atoms with E-state index in [1.807, 2.05) is 0 Å². The van der Waals surface area contributed by atoms with Crippen LogP contribution in [0.5, 0.6) is 5.75 Å². The number of hydrogen-bond donors (Lipinski definition) is 6. The molecule has 0 amide bonds. The van der Waals surface area contributed by atoms with E-state index in [2.05, 4.69) is 0 Å². The fraction of sp³-hybridized carbons (Fsp3) is 0.571. The third-order valence-corrected chi connectivity index (χ3v) is 5.75. The first-order valence-electron chi connectivity index (χ1n) is 10.4. The van der Waals surface area contributed by atoms with E-state index in [1.165, 1.54) is 19.1 Å². The number of aliphatic hydroxyl groups excluding tert-OH is 6. The molecule has 0 unspecified atom stereocenters. The van der Waals surface area contributed by atoms with Crippen LogP contribution in [0, 0.1) is 0 Å². The van der Waals surface area contributed by atoms with Gasteiger partial charge in [0.1, 0.15) is 54.1 Å². The van der Waals surface area contributed by atoms with Crippen molar-refractivity contribution in [2.24, 2.45) is 0 Å². The van der Waals surface area contributed by atoms with E-state index in [9.17, 15) is 35.4 Å². The molecule has 2 saturated heterocycles. The summed E-state index contributed by atoms with van der Waals surface area (Å²) in [7, 11) is 0. The fourth-order valence-electron chi connectivity index (χ4n) is 3.74. The number of hydrogen-bond acceptors (Lipinski definition) is 12. The van der Waals surface area contributed by atoms with E-state index in [0.717, 1.165) is 0 Å². The first kappa shape index (κ1) is 24.0. The molecule has 4 rings (SSSR count). The van der Waals surface area contributed by atoms with Gasteiger partial charge in [-0.25, -0.2) is 4.79 Å². The summed E-state index contributed by atoms with van der Waals surface area (Å²) in [6, 6.07) is 7.42. The molecule has 2 aromatic rings. The molecule has 3 heterocycles. The molecule has 12 heteroatoms. The first-order valence-corrected chi connectivity index (χ1v) is 10.4. The Bertz CT molecular complexity index is 1010. The summed E-state index contributed by atoms with van der Waals surface area (Å²) in [5, 5.41) is 61.2. The maximum absolute atomic E-state index is 11.4. The zero-order valence-corrected chi connectivity index (χ0v) is 17.5. The Kier molecular flexibility index (Phi) is 7.00. The number of rotatable bonds is 5. The molecule has 12 nitrogen and oxygen atoms in total. The van der Waals surface area contributed by atoms with Crippen molar-refractivity contribution in [2.45, 2.75) is 68.3 Å². The second kappa shape index (κ2) is 9.62. The number of aliphatic hydroxyl groups is 6. The Morgan fingerprint density at radius 1 is 0.818 bits per heavy atom. The van der Waals surface area contributed by atoms with Gasteiger partial charge in [0, 0.05) is 17.5 Å². The van der Waals surface area contributed by atoms with Gasteiger partial charge in [-0.2, -0.15) is 0 Å². The average Bonchev–Trinajstić information content (AvgIpc) is 2.80. The van der Waals surface area contributed by atoms with Gasteiger partial charge >= 0.3 is 5.63 Å². The Balaban J connectivity index is 1.44. The summed E-state index contributed by atoms with van der Waals surface area (Å²) in [4.78, 5) is 11.4. The molecule has 2 aliphatic heterocycles. The van der Waals surface area contributed by atoms with Gasteiger partial charge in [-0.3, -0.25) is 0 Å². The van der Waals surface area contributed by atoms with E-state index in [-0.39, 0.29) is 11.3 Å². The van der Waals surface area contributed by atoms with Gasteiger partial charge in [0.2, 0.25) is 6.29 Å². The molecule has 182 valence electrons. The second-order valence-electron chi connectivity index (χ2n) is 8.10. The lowest BCUT2D eigenvalue weighted by atomic mass is 9.98. The zero-order valence-electron chi connectivity index (χ0n) is 17.5. The lowest BCUT2D eigenvalue weighted by molar-refractivity contribution is -0.318. The standard InChI is InChI=1S/C21H26O12/c1-8-14(23)16(25)18(27)20(30-8)29-7-12-15(24)17(26)19(28)21(33-12)31-10-4-2-9-3-5-13(22)32-11(9)6-10/h2-6,8,12,14-21,23-28H,7H2,1H3/t8-,12+,14-,15+,16+,17-,18+,19+,20-,21+/m0/s1. The Morgan fingerprint density at radius 3 is 2.24 bits per heavy atom. The van der Waals surface area contributed by atoms with E-state index in [1.54, 1.807) is 18.2 Å². The Labute approximate surface area is 187 Å². The highest BCUT2D eigenvalue weighted by atomic mass is 16.7. The molecular weight excluding hydrogens is 444 g/mol. The van der Waals surface area contributed by atoms with Crippen LogP contribution in [0.15, 0.2) is 39.5 Å². The van der Waals surface area contributed by atoms with Crippen molar-refractivity contribution in [2.75, 3.05) is 6.61 Å². The topological polar surface area (TPSA) is 189 Å². The Morgan fingerprint density at radius 2 is 1.48 bits per heavy atom. The van der Waals surface area contributed by atoms with Gasteiger partial charge < -0.3 is 54.0 Å². The lowest BCUT2D eigenvalue weighted by Crippen LogP contribution is -2.61. The van der Waals surface area contributed by atoms with Gasteiger partial charge in [0.05, 0.1) is 12.7 Å². The molecule has 0 radical (unpaired) electrons. The predicted octanol–water partition coefficient (Wildman–Crippen LogP) is -2.18. The van der Waals surface area contributed by atoms with Crippen LogP contribution >= 0.6 is 0 Å². The molecule has 1 aromatic carbocycles. The maximum Gasteiger partial charge on any atom is 0.336 e. The predicted molar refractivity (Wildman–Crippen MR) is 108 cm³/mol. The molecule has 1 aromatic heterocycles. The summed E-state index contributed by atoms with van der Waals surface area (Å²) in [6.45, 7) is 1.08. The molecule has 0 saturated carbocycles. The molecule has 2 fully saturated rings. The van der Waals surface area contributed by atoms with Crippen LogP contribution in [0.2, 0.25) is 0 Å². The third kappa shape index (κ3) is 4.89. The summed E-state index contributed by atoms with van der Waals surface area (Å²) >= 11 is 0. The van der Waals surface area contributed by atoms with E-state index >= 15 is 0 Å². The summed E-state index contributed by atoms with van der Waals surface area (Å²) in [5.74, 6) is 0.168. The third-order valence-electron chi connectivity index (χ3n) is 5.75. The second-order valence-corrected chi connectivity index (χ2v) is 8.10. The van der Waals surface area contributed by atoms with E-state index in [4.69, 9.17) is 23.4 Å². The molecule has 0 bridgehead atoms. The molecule has 33 heavy (non-hydrogen) atoms. The van der Waals surface area contributed by atoms with E-state index in [0.29, 0.717) is 5.39 Å². The van der Waals surface area contributed by atoms with Crippen molar-refractivity contribution in [1.82, 2.24) is 0 Å². The van der Waals surface area contributed by atoms with Gasteiger partial charge in [0.25, 0.3) is 0 Å². The monoisotopic (exact) mass is 470 g/mol. The first-order chi connectivity index (χ1) is 15.7. The normalized spacial score (nSPS) is 39.5. The van der Waals surface area contributed by atoms with Crippen LogP contribution in [0.25, 0.3) is 11.0 Å². The minimum atomic E-state index is -1.65. The molecule has 10 atom stereocenters. The van der Waals surface area contributed by atoms with Gasteiger partial charge in [-0.05, 0) is 25.1 Å². The smallest absolute Gasteiger partial charge is 0.336 e. The maximum atomic E-state index is 11.4. The van der Waals surface area contributed by atoms with Crippen molar-refractivity contribution in [3.05, 3.63) is 40.8 Å². The number of fused-ring (bicyclic) bond motifs is 1. The van der Waals surface area contributed by atoms with E-state index < -0.39 is 73.6 Å². The molecule has 6 N–H and O–H groups in total. The lowest BCUT2D eigenvalue weighted by Gasteiger charge is -2.42. The van der Waals surface area contributed by atoms with Crippen LogP contribution in [-0.2, 0) is 14.2 Å². The van der Waals surface area contributed by atoms with Crippen molar-refractivity contribution in [3.8, 4) is 5.75 Å². The fourth-order valence-corrected chi connectivity index (χ4v) is 3.74. The van der Waals surface area contributed by atoms with Crippen molar-refractivity contribution >= 4 is 11.0 Å². The highest BCUT2D eigenvalue weighted by Crippen LogP contribution is 2.28. The molecule has 0 aliphatic carbocycles. The van der Waals surface area contributed by atoms with Gasteiger partial charge in [-0.1, -0.05) is 0 Å². The SMILES string of the molecule is C[C@@H]1O[C@H](OC[C@H]2O[C@@H](Oc3ccc4ccc(=O)oc4c3)[C@H](O)[C@@H](O)[C@@H]2O)[C@H](O)[C@H](O)[C@H]1O. The van der Waals surface area contributed by atoms with Gasteiger partial charge in [-0.15, -0.1) is 0 Å². The largest absolute Gasteiger partial charge is 0.462 e. The number of ether oxygens (including phenoxy) is 4. The van der Waals surface area contributed by atoms with Gasteiger partial charge in [0.15, 0.2) is 6.29 Å². The van der Waals surface area contributed by atoms with Crippen molar-refractivity contribution in [3.63, 3.8) is 0 Å². The summed E-state index contributed by atoms with van der Waals surface area (Å²) in [5.41, 5.74) is -0.313. The summed E-state index contributed by atoms with van der Waals surface area (Å²) in [6.07, 6.45) is -14.0. The van der Waals surface area contributed by atoms with Crippen LogP contribution in [0.3, 0.4) is 0 Å². The number of benzene rings is 1. The van der Waals surface area contributed by atoms with Crippen molar-refractivity contribution < 1.29 is 54.0 Å². The Hall–Kier alpha value is -2.13.